The molecule has 4 rings (SSSR count). The minimum absolute atomic E-state index is 0.155. The molecule has 192 valence electrons. The van der Waals surface area contributed by atoms with Gasteiger partial charge in [-0.25, -0.2) is 4.79 Å². The van der Waals surface area contributed by atoms with Crippen molar-refractivity contribution in [3.8, 4) is 0 Å². The minimum atomic E-state index is -0.701. The Morgan fingerprint density at radius 2 is 1.73 bits per heavy atom. The topological polar surface area (TPSA) is 106 Å². The van der Waals surface area contributed by atoms with E-state index in [0.717, 1.165) is 52.5 Å². The smallest absolute Gasteiger partial charge is 0.319 e. The summed E-state index contributed by atoms with van der Waals surface area (Å²) in [4.78, 5) is 26.8. The van der Waals surface area contributed by atoms with Crippen molar-refractivity contribution in [3.05, 3.63) is 111 Å². The Balaban J connectivity index is 1.21. The average molecular weight is 499 g/mol. The number of rotatable bonds is 11. The monoisotopic (exact) mass is 498 g/mol. The maximum absolute atomic E-state index is 12.3. The molecule has 0 saturated carbocycles. The van der Waals surface area contributed by atoms with E-state index in [9.17, 15) is 14.7 Å². The van der Waals surface area contributed by atoms with E-state index in [1.54, 1.807) is 6.07 Å². The molecule has 1 heterocycles. The lowest BCUT2D eigenvalue weighted by atomic mass is 10.0. The van der Waals surface area contributed by atoms with Crippen LogP contribution in [0.3, 0.4) is 0 Å². The number of aliphatic hydroxyl groups excluding tert-OH is 1. The Morgan fingerprint density at radius 1 is 0.919 bits per heavy atom. The van der Waals surface area contributed by atoms with Gasteiger partial charge in [-0.15, -0.1) is 0 Å². The first-order valence-corrected chi connectivity index (χ1v) is 12.7. The zero-order chi connectivity index (χ0) is 26.0. The maximum Gasteiger partial charge on any atom is 0.319 e. The van der Waals surface area contributed by atoms with E-state index >= 15 is 0 Å². The van der Waals surface area contributed by atoms with E-state index in [0.29, 0.717) is 19.6 Å². The van der Waals surface area contributed by atoms with Crippen LogP contribution in [0.1, 0.15) is 34.8 Å². The lowest BCUT2D eigenvalue weighted by Gasteiger charge is -2.16. The summed E-state index contributed by atoms with van der Waals surface area (Å²) in [5.74, 6) is 0. The average Bonchev–Trinajstić information content (AvgIpc) is 2.90. The van der Waals surface area contributed by atoms with Gasteiger partial charge in [-0.2, -0.15) is 0 Å². The number of anilines is 1. The van der Waals surface area contributed by atoms with Gasteiger partial charge in [0.1, 0.15) is 0 Å². The molecule has 1 atom stereocenters. The number of hydrogen-bond donors (Lipinski definition) is 5. The Kier molecular flexibility index (Phi) is 9.08. The van der Waals surface area contributed by atoms with E-state index in [-0.39, 0.29) is 11.6 Å². The standard InChI is InChI=1S/C30H34N4O3/c1-21-12-13-25(26-14-15-28(36)34-29(21)26)27(35)20-31-18-16-23-9-5-11-24(19-23)33-30(37)32-17-6-10-22-7-3-2-4-8-22/h2-5,7-9,11-15,19,27,31,35H,6,10,16-18,20H2,1H3,(H,34,36)(H2,32,33,37)/t27-/m0/s1. The van der Waals surface area contributed by atoms with Gasteiger partial charge in [0.15, 0.2) is 0 Å². The molecule has 0 aliphatic rings. The summed E-state index contributed by atoms with van der Waals surface area (Å²) < 4.78 is 0. The first-order chi connectivity index (χ1) is 18.0. The molecule has 0 aliphatic heterocycles. The number of carbonyl (C=O) groups excluding carboxylic acids is 1. The Bertz CT molecular complexity index is 1380. The van der Waals surface area contributed by atoms with Crippen LogP contribution in [0.25, 0.3) is 10.9 Å². The minimum Gasteiger partial charge on any atom is -0.387 e. The zero-order valence-electron chi connectivity index (χ0n) is 21.1. The molecular formula is C30H34N4O3. The molecule has 0 unspecified atom stereocenters. The van der Waals surface area contributed by atoms with E-state index in [4.69, 9.17) is 0 Å². The molecule has 1 aromatic heterocycles. The van der Waals surface area contributed by atoms with Gasteiger partial charge in [-0.1, -0.05) is 54.6 Å². The number of urea groups is 1. The van der Waals surface area contributed by atoms with Crippen LogP contribution in [0.2, 0.25) is 0 Å². The van der Waals surface area contributed by atoms with Crippen LogP contribution in [-0.2, 0) is 12.8 Å². The van der Waals surface area contributed by atoms with Crippen molar-refractivity contribution in [1.29, 1.82) is 0 Å². The van der Waals surface area contributed by atoms with Gasteiger partial charge in [-0.05, 0) is 73.2 Å². The number of H-pyrrole nitrogens is 1. The van der Waals surface area contributed by atoms with Crippen LogP contribution in [0.5, 0.6) is 0 Å². The first-order valence-electron chi connectivity index (χ1n) is 12.7. The number of hydrogen-bond acceptors (Lipinski definition) is 4. The summed E-state index contributed by atoms with van der Waals surface area (Å²) in [5, 5.41) is 20.7. The first kappa shape index (κ1) is 26.1. The molecule has 7 nitrogen and oxygen atoms in total. The molecule has 2 amide bonds. The molecule has 7 heteroatoms. The number of pyridine rings is 1. The Labute approximate surface area is 216 Å². The molecule has 37 heavy (non-hydrogen) atoms. The molecule has 3 aromatic carbocycles. The third-order valence-electron chi connectivity index (χ3n) is 6.38. The molecule has 0 aliphatic carbocycles. The second kappa shape index (κ2) is 12.9. The molecule has 0 spiro atoms. The molecule has 0 radical (unpaired) electrons. The zero-order valence-corrected chi connectivity index (χ0v) is 21.1. The van der Waals surface area contributed by atoms with E-state index < -0.39 is 6.10 Å². The number of benzene rings is 3. The van der Waals surface area contributed by atoms with Gasteiger partial charge in [0, 0.05) is 30.2 Å². The largest absolute Gasteiger partial charge is 0.387 e. The molecule has 4 aromatic rings. The predicted molar refractivity (Wildman–Crippen MR) is 149 cm³/mol. The van der Waals surface area contributed by atoms with Crippen LogP contribution in [0.4, 0.5) is 10.5 Å². The molecule has 5 N–H and O–H groups in total. The number of aryl methyl sites for hydroxylation is 2. The van der Waals surface area contributed by atoms with Crippen LogP contribution < -0.4 is 21.5 Å². The van der Waals surface area contributed by atoms with Crippen molar-refractivity contribution in [3.63, 3.8) is 0 Å². The molecule has 0 bridgehead atoms. The third-order valence-corrected chi connectivity index (χ3v) is 6.38. The highest BCUT2D eigenvalue weighted by Crippen LogP contribution is 2.24. The van der Waals surface area contributed by atoms with Gasteiger partial charge in [0.25, 0.3) is 0 Å². The van der Waals surface area contributed by atoms with Crippen molar-refractivity contribution in [2.24, 2.45) is 0 Å². The van der Waals surface area contributed by atoms with Crippen LogP contribution in [0, 0.1) is 6.92 Å². The van der Waals surface area contributed by atoms with Gasteiger partial charge >= 0.3 is 6.03 Å². The van der Waals surface area contributed by atoms with E-state index in [1.807, 2.05) is 61.5 Å². The number of fused-ring (bicyclic) bond motifs is 1. The number of amides is 2. The fraction of sp³-hybridized carbons (Fsp3) is 0.267. The molecule has 0 saturated heterocycles. The van der Waals surface area contributed by atoms with Crippen molar-refractivity contribution in [2.45, 2.75) is 32.3 Å². The highest BCUT2D eigenvalue weighted by Gasteiger charge is 2.13. The number of aromatic amines is 1. The molecule has 0 fully saturated rings. The van der Waals surface area contributed by atoms with E-state index in [1.165, 1.54) is 11.6 Å². The Hall–Kier alpha value is -3.94. The van der Waals surface area contributed by atoms with Crippen molar-refractivity contribution in [2.75, 3.05) is 25.0 Å². The number of nitrogens with one attached hydrogen (secondary N) is 4. The van der Waals surface area contributed by atoms with Gasteiger partial charge in [-0.3, -0.25) is 4.79 Å². The fourth-order valence-corrected chi connectivity index (χ4v) is 4.41. The van der Waals surface area contributed by atoms with Crippen molar-refractivity contribution < 1.29 is 9.90 Å². The third kappa shape index (κ3) is 7.52. The lowest BCUT2D eigenvalue weighted by molar-refractivity contribution is 0.176. The van der Waals surface area contributed by atoms with Crippen molar-refractivity contribution in [1.82, 2.24) is 15.6 Å². The summed E-state index contributed by atoms with van der Waals surface area (Å²) in [6.45, 7) is 3.61. The van der Waals surface area contributed by atoms with Crippen LogP contribution in [-0.4, -0.2) is 35.8 Å². The normalized spacial score (nSPS) is 11.8. The predicted octanol–water partition coefficient (Wildman–Crippen LogP) is 4.46. The summed E-state index contributed by atoms with van der Waals surface area (Å²) in [7, 11) is 0. The maximum atomic E-state index is 12.3. The van der Waals surface area contributed by atoms with Gasteiger partial charge < -0.3 is 26.0 Å². The summed E-state index contributed by atoms with van der Waals surface area (Å²) in [6, 6.07) is 24.9. The van der Waals surface area contributed by atoms with Gasteiger partial charge in [0.05, 0.1) is 11.6 Å². The van der Waals surface area contributed by atoms with Crippen LogP contribution in [0.15, 0.2) is 83.7 Å². The number of aromatic nitrogens is 1. The quantitative estimate of drug-likeness (QED) is 0.197. The van der Waals surface area contributed by atoms with E-state index in [2.05, 4.69) is 33.1 Å². The fourth-order valence-electron chi connectivity index (χ4n) is 4.41. The van der Waals surface area contributed by atoms with Crippen molar-refractivity contribution >= 4 is 22.6 Å². The lowest BCUT2D eigenvalue weighted by Crippen LogP contribution is -2.29. The Morgan fingerprint density at radius 3 is 2.57 bits per heavy atom. The summed E-state index contributed by atoms with van der Waals surface area (Å²) in [6.07, 6.45) is 1.86. The number of carbonyl (C=O) groups is 1. The highest BCUT2D eigenvalue weighted by molar-refractivity contribution is 5.89. The molecular weight excluding hydrogens is 464 g/mol. The SMILES string of the molecule is Cc1ccc([C@@H](O)CNCCc2cccc(NC(=O)NCCCc3ccccc3)c2)c2ccc(=O)[nH]c12. The highest BCUT2D eigenvalue weighted by atomic mass is 16.3. The second-order valence-corrected chi connectivity index (χ2v) is 9.22. The summed E-state index contributed by atoms with van der Waals surface area (Å²) >= 11 is 0. The van der Waals surface area contributed by atoms with Gasteiger partial charge in [0.2, 0.25) is 5.56 Å². The second-order valence-electron chi connectivity index (χ2n) is 9.22. The summed E-state index contributed by atoms with van der Waals surface area (Å²) in [5.41, 5.74) is 5.45. The number of aliphatic hydroxyl groups is 1. The van der Waals surface area contributed by atoms with Crippen LogP contribution >= 0.6 is 0 Å².